The molecule has 0 aromatic rings. The lowest BCUT2D eigenvalue weighted by molar-refractivity contribution is -0.146. The largest absolute Gasteiger partial charge is 0.463 e. The Bertz CT molecular complexity index is 461. The molecule has 0 N–H and O–H groups in total. The van der Waals surface area contributed by atoms with E-state index in [0.29, 0.717) is 26.1 Å². The molecule has 26 heavy (non-hydrogen) atoms. The maximum absolute atomic E-state index is 10.6. The Morgan fingerprint density at radius 3 is 0.962 bits per heavy atom. The zero-order chi connectivity index (χ0) is 20.2. The lowest BCUT2D eigenvalue weighted by Crippen LogP contribution is -2.10. The number of rotatable bonds is 12. The zero-order valence-electron chi connectivity index (χ0n) is 14.6. The Morgan fingerprint density at radius 1 is 0.500 bits per heavy atom. The molecule has 0 radical (unpaired) electrons. The van der Waals surface area contributed by atoms with Gasteiger partial charge in [0.2, 0.25) is 0 Å². The number of carbonyl (C=O) groups excluding carboxylic acids is 4. The van der Waals surface area contributed by atoms with Gasteiger partial charge >= 0.3 is 23.9 Å². The third-order valence-corrected chi connectivity index (χ3v) is 2.27. The summed E-state index contributed by atoms with van der Waals surface area (Å²) in [6.07, 6.45) is 5.61. The highest BCUT2D eigenvalue weighted by molar-refractivity contribution is 5.82. The van der Waals surface area contributed by atoms with Crippen LogP contribution in [0.3, 0.4) is 0 Å². The average Bonchev–Trinajstić information content (AvgIpc) is 2.67. The number of hydrogen-bond acceptors (Lipinski definition) is 8. The van der Waals surface area contributed by atoms with E-state index in [-0.39, 0.29) is 13.2 Å². The van der Waals surface area contributed by atoms with E-state index in [9.17, 15) is 19.2 Å². The second-order valence-corrected chi connectivity index (χ2v) is 4.19. The first kappa shape index (κ1) is 25.1. The van der Waals surface area contributed by atoms with Gasteiger partial charge < -0.3 is 18.9 Å². The van der Waals surface area contributed by atoms with Gasteiger partial charge in [0.15, 0.2) is 0 Å². The molecule has 0 bridgehead atoms. The highest BCUT2D eigenvalue weighted by atomic mass is 16.6. The Morgan fingerprint density at radius 2 is 0.731 bits per heavy atom. The van der Waals surface area contributed by atoms with Crippen LogP contribution in [-0.2, 0) is 38.1 Å². The first-order chi connectivity index (χ1) is 12.4. The van der Waals surface area contributed by atoms with E-state index in [4.69, 9.17) is 9.47 Å². The molecule has 0 saturated carbocycles. The van der Waals surface area contributed by atoms with Crippen LogP contribution in [0.5, 0.6) is 0 Å². The van der Waals surface area contributed by atoms with Crippen molar-refractivity contribution >= 4 is 23.9 Å². The summed E-state index contributed by atoms with van der Waals surface area (Å²) < 4.78 is 18.4. The van der Waals surface area contributed by atoms with Crippen molar-refractivity contribution in [3.05, 3.63) is 50.6 Å². The molecule has 0 aromatic carbocycles. The van der Waals surface area contributed by atoms with Crippen molar-refractivity contribution in [1.82, 2.24) is 0 Å². The molecule has 0 heterocycles. The minimum atomic E-state index is -0.537. The van der Waals surface area contributed by atoms with Crippen LogP contribution in [0.1, 0.15) is 12.8 Å². The van der Waals surface area contributed by atoms with Gasteiger partial charge in [0.25, 0.3) is 0 Å². The van der Waals surface area contributed by atoms with Crippen LogP contribution < -0.4 is 0 Å². The van der Waals surface area contributed by atoms with Gasteiger partial charge in [-0.2, -0.15) is 0 Å². The Hall–Kier alpha value is -3.16. The third-order valence-electron chi connectivity index (χ3n) is 2.27. The summed E-state index contributed by atoms with van der Waals surface area (Å²) in [6.45, 7) is 13.6. The van der Waals surface area contributed by atoms with Gasteiger partial charge in [-0.05, 0) is 12.8 Å². The average molecular weight is 368 g/mol. The first-order valence-electron chi connectivity index (χ1n) is 7.58. The van der Waals surface area contributed by atoms with Crippen LogP contribution in [0.2, 0.25) is 0 Å². The number of esters is 4. The van der Waals surface area contributed by atoms with Crippen molar-refractivity contribution in [3.63, 3.8) is 0 Å². The predicted octanol–water partition coefficient (Wildman–Crippen LogP) is 1.67. The fraction of sp³-hybridized carbons (Fsp3) is 0.333. The van der Waals surface area contributed by atoms with Gasteiger partial charge in [0, 0.05) is 24.3 Å². The molecular formula is C18H24O8. The second-order valence-electron chi connectivity index (χ2n) is 4.19. The normalized spacial score (nSPS) is 8.62. The molecule has 0 spiro atoms. The van der Waals surface area contributed by atoms with E-state index in [1.54, 1.807) is 0 Å². The SMILES string of the molecule is C=CC(=O)OCCCCOC(=O)C=C.C=CC(=O)OCCOC(=O)C=C. The number of carbonyl (C=O) groups is 4. The topological polar surface area (TPSA) is 105 Å². The van der Waals surface area contributed by atoms with Crippen LogP contribution in [0.4, 0.5) is 0 Å². The van der Waals surface area contributed by atoms with Gasteiger partial charge in [-0.25, -0.2) is 19.2 Å². The molecule has 8 nitrogen and oxygen atoms in total. The summed E-state index contributed by atoms with van der Waals surface area (Å²) in [7, 11) is 0. The number of unbranched alkanes of at least 4 members (excludes halogenated alkanes) is 1. The first-order valence-corrected chi connectivity index (χ1v) is 7.58. The van der Waals surface area contributed by atoms with E-state index < -0.39 is 23.9 Å². The summed E-state index contributed by atoms with van der Waals surface area (Å²) in [5.74, 6) is -1.95. The van der Waals surface area contributed by atoms with E-state index in [1.807, 2.05) is 0 Å². The maximum Gasteiger partial charge on any atom is 0.330 e. The summed E-state index contributed by atoms with van der Waals surface area (Å²) in [5.41, 5.74) is 0. The summed E-state index contributed by atoms with van der Waals surface area (Å²) in [6, 6.07) is 0. The Kier molecular flexibility index (Phi) is 17.5. The highest BCUT2D eigenvalue weighted by Gasteiger charge is 1.98. The van der Waals surface area contributed by atoms with E-state index in [2.05, 4.69) is 35.8 Å². The predicted molar refractivity (Wildman–Crippen MR) is 93.9 cm³/mol. The smallest absolute Gasteiger partial charge is 0.330 e. The molecule has 8 heteroatoms. The van der Waals surface area contributed by atoms with Gasteiger partial charge in [0.1, 0.15) is 13.2 Å². The lowest BCUT2D eigenvalue weighted by atomic mass is 10.3. The van der Waals surface area contributed by atoms with Gasteiger partial charge in [-0.15, -0.1) is 0 Å². The fourth-order valence-electron chi connectivity index (χ4n) is 1.07. The van der Waals surface area contributed by atoms with Crippen molar-refractivity contribution < 1.29 is 38.1 Å². The molecule has 0 aliphatic carbocycles. The van der Waals surface area contributed by atoms with Crippen molar-refractivity contribution in [1.29, 1.82) is 0 Å². The zero-order valence-corrected chi connectivity index (χ0v) is 14.6. The van der Waals surface area contributed by atoms with Crippen LogP contribution >= 0.6 is 0 Å². The van der Waals surface area contributed by atoms with Gasteiger partial charge in [-0.3, -0.25) is 0 Å². The van der Waals surface area contributed by atoms with Crippen molar-refractivity contribution in [2.24, 2.45) is 0 Å². The number of hydrogen-bond donors (Lipinski definition) is 0. The molecule has 0 rings (SSSR count). The molecule has 0 amide bonds. The Labute approximate surface area is 152 Å². The van der Waals surface area contributed by atoms with Crippen molar-refractivity contribution in [2.45, 2.75) is 12.8 Å². The van der Waals surface area contributed by atoms with Gasteiger partial charge in [-0.1, -0.05) is 26.3 Å². The maximum atomic E-state index is 10.6. The molecule has 144 valence electrons. The molecule has 0 atom stereocenters. The van der Waals surface area contributed by atoms with Gasteiger partial charge in [0.05, 0.1) is 13.2 Å². The lowest BCUT2D eigenvalue weighted by Gasteiger charge is -2.02. The molecule has 0 unspecified atom stereocenters. The fourth-order valence-corrected chi connectivity index (χ4v) is 1.07. The summed E-state index contributed by atoms with van der Waals surface area (Å²) in [5, 5.41) is 0. The third kappa shape index (κ3) is 18.9. The molecule has 0 aliphatic rings. The van der Waals surface area contributed by atoms with E-state index in [0.717, 1.165) is 24.3 Å². The minimum absolute atomic E-state index is 0.0322. The minimum Gasteiger partial charge on any atom is -0.463 e. The molecule has 0 fully saturated rings. The van der Waals surface area contributed by atoms with Crippen molar-refractivity contribution in [2.75, 3.05) is 26.4 Å². The van der Waals surface area contributed by atoms with Crippen LogP contribution in [-0.4, -0.2) is 50.3 Å². The summed E-state index contributed by atoms with van der Waals surface area (Å²) >= 11 is 0. The van der Waals surface area contributed by atoms with Crippen molar-refractivity contribution in [3.8, 4) is 0 Å². The Balaban J connectivity index is 0. The van der Waals surface area contributed by atoms with Crippen LogP contribution in [0.15, 0.2) is 50.6 Å². The quantitative estimate of drug-likeness (QED) is 0.222. The van der Waals surface area contributed by atoms with E-state index >= 15 is 0 Å². The van der Waals surface area contributed by atoms with E-state index in [1.165, 1.54) is 0 Å². The summed E-state index contributed by atoms with van der Waals surface area (Å²) in [4.78, 5) is 42.0. The molecule has 0 saturated heterocycles. The molecular weight excluding hydrogens is 344 g/mol. The monoisotopic (exact) mass is 368 g/mol. The number of ether oxygens (including phenoxy) is 4. The highest BCUT2D eigenvalue weighted by Crippen LogP contribution is 1.93. The van der Waals surface area contributed by atoms with Crippen LogP contribution in [0.25, 0.3) is 0 Å². The second kappa shape index (κ2) is 18.2. The standard InChI is InChI=1S/C10H14O4.C8H10O4/c1-3-9(11)13-7-5-6-8-14-10(12)4-2;1-3-7(9)11-5-6-12-8(10)4-2/h3-4H,1-2,5-8H2;3-4H,1-2,5-6H2. The molecule has 0 aliphatic heterocycles. The molecule has 0 aromatic heterocycles. The van der Waals surface area contributed by atoms with Crippen LogP contribution in [0, 0.1) is 0 Å².